The van der Waals surface area contributed by atoms with Gasteiger partial charge < -0.3 is 9.72 Å². The summed E-state index contributed by atoms with van der Waals surface area (Å²) in [4.78, 5) is 7.39. The van der Waals surface area contributed by atoms with E-state index in [-0.39, 0.29) is 32.5 Å². The van der Waals surface area contributed by atoms with Crippen molar-refractivity contribution in [3.8, 4) is 0 Å². The number of nitrogens with zero attached hydrogens (tertiary/aromatic N) is 1. The molecule has 0 fully saturated rings. The minimum absolute atomic E-state index is 0.0207. The molecule has 0 unspecified atom stereocenters. The molecule has 0 aliphatic heterocycles. The van der Waals surface area contributed by atoms with Crippen LogP contribution in [-0.4, -0.2) is 18.4 Å². The van der Waals surface area contributed by atoms with Crippen molar-refractivity contribution in [2.45, 2.75) is 42.9 Å². The zero-order chi connectivity index (χ0) is 20.3. The fraction of sp³-hybridized carbons (Fsp3) is 0.250. The van der Waals surface area contributed by atoms with Gasteiger partial charge in [-0.15, -0.1) is 0 Å². The summed E-state index contributed by atoms with van der Waals surface area (Å²) in [5, 5.41) is 0.547. The summed E-state index contributed by atoms with van der Waals surface area (Å²) in [6, 6.07) is 14.0. The lowest BCUT2D eigenvalue weighted by atomic mass is 10.2. The highest BCUT2D eigenvalue weighted by molar-refractivity contribution is 7.91. The Morgan fingerprint density at radius 1 is 1.04 bits per heavy atom. The van der Waals surface area contributed by atoms with Crippen molar-refractivity contribution < 1.29 is 13.2 Å². The maximum Gasteiger partial charge on any atom is 0.223 e. The van der Waals surface area contributed by atoms with E-state index in [1.165, 1.54) is 18.2 Å². The standard InChI is InChI=1S/C20H20Cl2N2O3S/c1-13(2)19-20(28(25,26)17-9-15(21)8-16(22)10-17)24-18(23-19)12-27-11-14-6-4-3-5-7-14/h3-10,13H,11-12H2,1-2H3,(H,23,24). The lowest BCUT2D eigenvalue weighted by Crippen LogP contribution is -2.07. The molecule has 3 aromatic rings. The van der Waals surface area contributed by atoms with E-state index in [9.17, 15) is 8.42 Å². The molecule has 2 aromatic carbocycles. The van der Waals surface area contributed by atoms with Gasteiger partial charge in [0.25, 0.3) is 0 Å². The molecule has 1 heterocycles. The Morgan fingerprint density at radius 2 is 1.68 bits per heavy atom. The summed E-state index contributed by atoms with van der Waals surface area (Å²) in [5.74, 6) is 0.352. The SMILES string of the molecule is CC(C)c1nc(COCc2ccccc2)[nH]c1S(=O)(=O)c1cc(Cl)cc(Cl)c1. The fourth-order valence-corrected chi connectivity index (χ4v) is 4.99. The molecule has 0 aliphatic carbocycles. The first kappa shape index (κ1) is 20.9. The van der Waals surface area contributed by atoms with Gasteiger partial charge in [0, 0.05) is 10.0 Å². The van der Waals surface area contributed by atoms with Crippen molar-refractivity contribution in [1.82, 2.24) is 9.97 Å². The molecule has 5 nitrogen and oxygen atoms in total. The van der Waals surface area contributed by atoms with Gasteiger partial charge in [-0.05, 0) is 29.7 Å². The average molecular weight is 439 g/mol. The molecule has 0 saturated heterocycles. The third-order valence-corrected chi connectivity index (χ3v) is 6.20. The number of imidazole rings is 1. The normalized spacial score (nSPS) is 11.9. The van der Waals surface area contributed by atoms with Gasteiger partial charge in [-0.1, -0.05) is 67.4 Å². The van der Waals surface area contributed by atoms with Crippen LogP contribution < -0.4 is 0 Å². The zero-order valence-electron chi connectivity index (χ0n) is 15.4. The van der Waals surface area contributed by atoms with Crippen LogP contribution in [0, 0.1) is 0 Å². The first-order valence-electron chi connectivity index (χ1n) is 8.69. The molecule has 3 rings (SSSR count). The van der Waals surface area contributed by atoms with Crippen LogP contribution in [-0.2, 0) is 27.8 Å². The summed E-state index contributed by atoms with van der Waals surface area (Å²) in [5.41, 5.74) is 1.48. The Kier molecular flexibility index (Phi) is 6.45. The Labute approximate surface area is 174 Å². The van der Waals surface area contributed by atoms with Crippen LogP contribution in [0.3, 0.4) is 0 Å². The van der Waals surface area contributed by atoms with Crippen LogP contribution in [0.5, 0.6) is 0 Å². The maximum atomic E-state index is 13.1. The van der Waals surface area contributed by atoms with Gasteiger partial charge in [0.05, 0.1) is 17.2 Å². The Morgan fingerprint density at radius 3 is 2.29 bits per heavy atom. The molecule has 8 heteroatoms. The predicted molar refractivity (Wildman–Crippen MR) is 110 cm³/mol. The number of hydrogen-bond acceptors (Lipinski definition) is 4. The molecule has 0 spiro atoms. The number of aromatic nitrogens is 2. The van der Waals surface area contributed by atoms with E-state index >= 15 is 0 Å². The van der Waals surface area contributed by atoms with Crippen molar-refractivity contribution in [3.05, 3.63) is 75.7 Å². The maximum absolute atomic E-state index is 13.1. The molecule has 1 aromatic heterocycles. The topological polar surface area (TPSA) is 72.0 Å². The van der Waals surface area contributed by atoms with Crippen molar-refractivity contribution in [3.63, 3.8) is 0 Å². The van der Waals surface area contributed by atoms with Gasteiger partial charge >= 0.3 is 0 Å². The molecular weight excluding hydrogens is 419 g/mol. The van der Waals surface area contributed by atoms with E-state index < -0.39 is 9.84 Å². The van der Waals surface area contributed by atoms with Crippen molar-refractivity contribution >= 4 is 33.0 Å². The molecular formula is C20H20Cl2N2O3S. The third kappa shape index (κ3) is 4.75. The second kappa shape index (κ2) is 8.66. The van der Waals surface area contributed by atoms with Crippen molar-refractivity contribution in [2.24, 2.45) is 0 Å². The number of halogens is 2. The minimum atomic E-state index is -3.86. The van der Waals surface area contributed by atoms with Gasteiger partial charge in [0.15, 0.2) is 5.03 Å². The number of rotatable bonds is 7. The highest BCUT2D eigenvalue weighted by atomic mass is 35.5. The second-order valence-electron chi connectivity index (χ2n) is 6.64. The smallest absolute Gasteiger partial charge is 0.223 e. The first-order chi connectivity index (χ1) is 13.3. The molecule has 0 aliphatic rings. The quantitative estimate of drug-likeness (QED) is 0.536. The number of hydrogen-bond donors (Lipinski definition) is 1. The number of sulfone groups is 1. The van der Waals surface area contributed by atoms with E-state index in [1.54, 1.807) is 0 Å². The zero-order valence-corrected chi connectivity index (χ0v) is 17.8. The van der Waals surface area contributed by atoms with E-state index in [0.717, 1.165) is 5.56 Å². The van der Waals surface area contributed by atoms with E-state index in [1.807, 2.05) is 44.2 Å². The van der Waals surface area contributed by atoms with Gasteiger partial charge in [0.2, 0.25) is 9.84 Å². The fourth-order valence-electron chi connectivity index (χ4n) is 2.73. The number of nitrogens with one attached hydrogen (secondary N) is 1. The molecule has 0 saturated carbocycles. The molecule has 1 N–H and O–H groups in total. The molecule has 28 heavy (non-hydrogen) atoms. The molecule has 0 amide bonds. The van der Waals surface area contributed by atoms with Crippen molar-refractivity contribution in [1.29, 1.82) is 0 Å². The van der Waals surface area contributed by atoms with Crippen LogP contribution in [0.4, 0.5) is 0 Å². The van der Waals surface area contributed by atoms with Crippen LogP contribution in [0.15, 0.2) is 58.5 Å². The first-order valence-corrected chi connectivity index (χ1v) is 10.9. The van der Waals surface area contributed by atoms with Crippen LogP contribution in [0.1, 0.15) is 36.8 Å². The number of aromatic amines is 1. The molecule has 148 valence electrons. The van der Waals surface area contributed by atoms with E-state index in [2.05, 4.69) is 9.97 Å². The van der Waals surface area contributed by atoms with Gasteiger partial charge in [-0.25, -0.2) is 13.4 Å². The lowest BCUT2D eigenvalue weighted by molar-refractivity contribution is 0.102. The van der Waals surface area contributed by atoms with E-state index in [0.29, 0.717) is 18.1 Å². The summed E-state index contributed by atoms with van der Waals surface area (Å²) < 4.78 is 32.0. The minimum Gasteiger partial charge on any atom is -0.369 e. The average Bonchev–Trinajstić information content (AvgIpc) is 3.07. The largest absolute Gasteiger partial charge is 0.369 e. The highest BCUT2D eigenvalue weighted by Crippen LogP contribution is 2.30. The van der Waals surface area contributed by atoms with Crippen LogP contribution in [0.2, 0.25) is 10.0 Å². The Bertz CT molecular complexity index is 1040. The monoisotopic (exact) mass is 438 g/mol. The van der Waals surface area contributed by atoms with Crippen LogP contribution >= 0.6 is 23.2 Å². The number of H-pyrrole nitrogens is 1. The predicted octanol–water partition coefficient (Wildman–Crippen LogP) is 5.39. The second-order valence-corrected chi connectivity index (χ2v) is 9.40. The van der Waals surface area contributed by atoms with Gasteiger partial charge in [0.1, 0.15) is 12.4 Å². The van der Waals surface area contributed by atoms with Crippen molar-refractivity contribution in [2.75, 3.05) is 0 Å². The summed E-state index contributed by atoms with van der Waals surface area (Å²) in [7, 11) is -3.86. The third-order valence-electron chi connectivity index (χ3n) is 4.06. The van der Waals surface area contributed by atoms with Gasteiger partial charge in [-0.2, -0.15) is 0 Å². The van der Waals surface area contributed by atoms with E-state index in [4.69, 9.17) is 27.9 Å². The summed E-state index contributed by atoms with van der Waals surface area (Å²) in [6.45, 7) is 4.34. The summed E-state index contributed by atoms with van der Waals surface area (Å²) in [6.07, 6.45) is 0. The Hall–Kier alpha value is -1.86. The summed E-state index contributed by atoms with van der Waals surface area (Å²) >= 11 is 12.0. The number of benzene rings is 2. The molecule has 0 atom stereocenters. The number of ether oxygens (including phenoxy) is 1. The highest BCUT2D eigenvalue weighted by Gasteiger charge is 2.27. The van der Waals surface area contributed by atoms with Crippen LogP contribution in [0.25, 0.3) is 0 Å². The Balaban J connectivity index is 1.88. The molecule has 0 bridgehead atoms. The lowest BCUT2D eigenvalue weighted by Gasteiger charge is -2.08. The van der Waals surface area contributed by atoms with Gasteiger partial charge in [-0.3, -0.25) is 0 Å². The molecule has 0 radical (unpaired) electrons.